The number of anilines is 1. The number of thiophene rings is 1. The third-order valence-corrected chi connectivity index (χ3v) is 4.51. The molecule has 1 aliphatic heterocycles. The molecule has 0 aliphatic carbocycles. The standard InChI is InChI=1S/C11H8ClNO2S.C8H9NO2/c12-7-3-1-6(2-4-7)8-5-16-10(13)9(8)11(14)15;9-5-1-2-7-3-4-8(6-10)11-7/h1-5H,13H2,(H,14,15);1-2,4-6H,3,9H2/b;5-1-,7-2+. The lowest BCUT2D eigenvalue weighted by Gasteiger charge is -2.01. The number of carbonyl (C=O) groups is 2. The quantitative estimate of drug-likeness (QED) is 0.658. The number of nitrogens with two attached hydrogens (primary N) is 2. The van der Waals surface area contributed by atoms with Gasteiger partial charge in [-0.1, -0.05) is 23.7 Å². The van der Waals surface area contributed by atoms with Gasteiger partial charge in [0.1, 0.15) is 16.3 Å². The van der Waals surface area contributed by atoms with Gasteiger partial charge in [0.05, 0.1) is 0 Å². The van der Waals surface area contributed by atoms with Gasteiger partial charge in [0.2, 0.25) is 0 Å². The average molecular weight is 405 g/mol. The van der Waals surface area contributed by atoms with Crippen LogP contribution in [0.15, 0.2) is 65.6 Å². The Morgan fingerprint density at radius 3 is 2.56 bits per heavy atom. The summed E-state index contributed by atoms with van der Waals surface area (Å²) in [6.45, 7) is 0. The third kappa shape index (κ3) is 5.47. The van der Waals surface area contributed by atoms with Crippen LogP contribution in [-0.2, 0) is 9.53 Å². The summed E-state index contributed by atoms with van der Waals surface area (Å²) < 4.78 is 5.06. The predicted octanol–water partition coefficient (Wildman–Crippen LogP) is 4.19. The van der Waals surface area contributed by atoms with E-state index < -0.39 is 5.97 Å². The molecular weight excluding hydrogens is 388 g/mol. The first kappa shape index (κ1) is 20.3. The van der Waals surface area contributed by atoms with Crippen LogP contribution in [-0.4, -0.2) is 17.4 Å². The van der Waals surface area contributed by atoms with Gasteiger partial charge in [-0.3, -0.25) is 4.79 Å². The summed E-state index contributed by atoms with van der Waals surface area (Å²) >= 11 is 6.99. The van der Waals surface area contributed by atoms with E-state index in [1.807, 2.05) is 0 Å². The van der Waals surface area contributed by atoms with Crippen LogP contribution in [0.1, 0.15) is 16.8 Å². The number of benzene rings is 1. The Hall–Kier alpha value is -3.03. The molecule has 3 rings (SSSR count). The zero-order chi connectivity index (χ0) is 19.8. The van der Waals surface area contributed by atoms with Crippen LogP contribution in [0.5, 0.6) is 0 Å². The number of hydrogen-bond donors (Lipinski definition) is 3. The van der Waals surface area contributed by atoms with Crippen molar-refractivity contribution in [2.45, 2.75) is 6.42 Å². The van der Waals surface area contributed by atoms with E-state index >= 15 is 0 Å². The molecule has 0 fully saturated rings. The molecule has 6 nitrogen and oxygen atoms in total. The number of aromatic carboxylic acids is 1. The zero-order valence-corrected chi connectivity index (χ0v) is 15.7. The Balaban J connectivity index is 0.000000208. The minimum absolute atomic E-state index is 0.160. The van der Waals surface area contributed by atoms with Crippen LogP contribution in [0.2, 0.25) is 5.02 Å². The summed E-state index contributed by atoms with van der Waals surface area (Å²) in [7, 11) is 0. The monoisotopic (exact) mass is 404 g/mol. The van der Waals surface area contributed by atoms with E-state index in [1.165, 1.54) is 17.5 Å². The smallest absolute Gasteiger partial charge is 0.339 e. The van der Waals surface area contributed by atoms with Crippen molar-refractivity contribution in [3.8, 4) is 11.1 Å². The second-order valence-corrected chi connectivity index (χ2v) is 6.60. The molecule has 0 bridgehead atoms. The summed E-state index contributed by atoms with van der Waals surface area (Å²) in [5.74, 6) is 0.110. The van der Waals surface area contributed by atoms with Crippen molar-refractivity contribution in [3.05, 3.63) is 76.2 Å². The number of aldehydes is 1. The van der Waals surface area contributed by atoms with E-state index in [0.29, 0.717) is 34.1 Å². The lowest BCUT2D eigenvalue weighted by Crippen LogP contribution is -2.00. The Bertz CT molecular complexity index is 914. The Morgan fingerprint density at radius 1 is 1.30 bits per heavy atom. The van der Waals surface area contributed by atoms with Gasteiger partial charge in [0.15, 0.2) is 12.0 Å². The Labute approximate surface area is 165 Å². The highest BCUT2D eigenvalue weighted by molar-refractivity contribution is 7.14. The Morgan fingerprint density at radius 2 is 2.00 bits per heavy atom. The summed E-state index contributed by atoms with van der Waals surface area (Å²) in [5.41, 5.74) is 12.3. The molecule has 0 atom stereocenters. The largest absolute Gasteiger partial charge is 0.478 e. The number of ether oxygens (including phenoxy) is 1. The van der Waals surface area contributed by atoms with Crippen molar-refractivity contribution in [3.63, 3.8) is 0 Å². The SMILES string of the molecule is N/C=C\C=C1/CC=C(C=O)O1.Nc1scc(-c2ccc(Cl)cc2)c1C(=O)O. The summed E-state index contributed by atoms with van der Waals surface area (Å²) in [6, 6.07) is 6.99. The van der Waals surface area contributed by atoms with E-state index in [0.717, 1.165) is 11.3 Å². The minimum atomic E-state index is -1.01. The van der Waals surface area contributed by atoms with E-state index in [9.17, 15) is 9.59 Å². The number of hydrogen-bond acceptors (Lipinski definition) is 6. The fourth-order valence-electron chi connectivity index (χ4n) is 2.21. The van der Waals surface area contributed by atoms with Gasteiger partial charge >= 0.3 is 5.97 Å². The van der Waals surface area contributed by atoms with Crippen molar-refractivity contribution in [1.82, 2.24) is 0 Å². The van der Waals surface area contributed by atoms with Crippen LogP contribution in [0.3, 0.4) is 0 Å². The van der Waals surface area contributed by atoms with E-state index in [4.69, 9.17) is 32.9 Å². The molecule has 0 saturated heterocycles. The van der Waals surface area contributed by atoms with E-state index in [1.54, 1.807) is 47.9 Å². The summed E-state index contributed by atoms with van der Waals surface area (Å²) in [4.78, 5) is 21.2. The summed E-state index contributed by atoms with van der Waals surface area (Å²) in [5, 5.41) is 11.7. The first-order chi connectivity index (χ1) is 13.0. The number of halogens is 1. The van der Waals surface area contributed by atoms with Gasteiger partial charge in [-0.25, -0.2) is 4.79 Å². The zero-order valence-electron chi connectivity index (χ0n) is 14.1. The van der Waals surface area contributed by atoms with Crippen LogP contribution in [0.4, 0.5) is 5.00 Å². The number of nitrogen functional groups attached to an aromatic ring is 1. The fraction of sp³-hybridized carbons (Fsp3) is 0.0526. The second kappa shape index (κ2) is 9.61. The molecule has 1 aliphatic rings. The van der Waals surface area contributed by atoms with Crippen molar-refractivity contribution in [1.29, 1.82) is 0 Å². The van der Waals surface area contributed by atoms with Crippen molar-refractivity contribution < 1.29 is 19.4 Å². The van der Waals surface area contributed by atoms with Gasteiger partial charge in [0, 0.05) is 22.4 Å². The highest BCUT2D eigenvalue weighted by Gasteiger charge is 2.17. The van der Waals surface area contributed by atoms with Crippen LogP contribution in [0.25, 0.3) is 11.1 Å². The van der Waals surface area contributed by atoms with E-state index in [-0.39, 0.29) is 5.56 Å². The predicted molar refractivity (Wildman–Crippen MR) is 107 cm³/mol. The molecule has 0 radical (unpaired) electrons. The third-order valence-electron chi connectivity index (χ3n) is 3.45. The number of allylic oxidation sites excluding steroid dienone is 4. The maximum atomic E-state index is 11.0. The molecule has 1 aromatic carbocycles. The Kier molecular flexibility index (Phi) is 7.22. The molecule has 2 heterocycles. The lowest BCUT2D eigenvalue weighted by molar-refractivity contribution is -0.107. The molecule has 0 saturated carbocycles. The molecule has 8 heteroatoms. The van der Waals surface area contributed by atoms with Crippen LogP contribution >= 0.6 is 22.9 Å². The fourth-order valence-corrected chi connectivity index (χ4v) is 3.15. The number of rotatable bonds is 4. The molecule has 27 heavy (non-hydrogen) atoms. The molecule has 1 aromatic heterocycles. The minimum Gasteiger partial charge on any atom is -0.478 e. The topological polar surface area (TPSA) is 116 Å². The van der Waals surface area contributed by atoms with Crippen molar-refractivity contribution in [2.24, 2.45) is 5.73 Å². The maximum Gasteiger partial charge on any atom is 0.339 e. The molecule has 2 aromatic rings. The van der Waals surface area contributed by atoms with Crippen molar-refractivity contribution in [2.75, 3.05) is 5.73 Å². The number of carboxylic acids is 1. The summed E-state index contributed by atoms with van der Waals surface area (Å²) in [6.07, 6.45) is 7.88. The van der Waals surface area contributed by atoms with Crippen molar-refractivity contribution >= 4 is 40.2 Å². The number of carbonyl (C=O) groups excluding carboxylic acids is 1. The first-order valence-corrected chi connectivity index (χ1v) is 8.98. The highest BCUT2D eigenvalue weighted by atomic mass is 35.5. The molecule has 0 unspecified atom stereocenters. The molecule has 5 N–H and O–H groups in total. The van der Waals surface area contributed by atoms with Gasteiger partial charge in [-0.2, -0.15) is 0 Å². The van der Waals surface area contributed by atoms with Gasteiger partial charge in [-0.05, 0) is 42.1 Å². The highest BCUT2D eigenvalue weighted by Crippen LogP contribution is 2.33. The maximum absolute atomic E-state index is 11.0. The molecule has 0 spiro atoms. The number of carboxylic acid groups (broad SMARTS) is 1. The average Bonchev–Trinajstić information content (AvgIpc) is 3.27. The molecular formula is C19H17ClN2O4S. The van der Waals surface area contributed by atoms with Gasteiger partial charge in [0.25, 0.3) is 0 Å². The van der Waals surface area contributed by atoms with Crippen LogP contribution in [0, 0.1) is 0 Å². The van der Waals surface area contributed by atoms with E-state index in [2.05, 4.69) is 0 Å². The molecule has 140 valence electrons. The lowest BCUT2D eigenvalue weighted by atomic mass is 10.0. The molecule has 0 amide bonds. The van der Waals surface area contributed by atoms with Gasteiger partial charge in [-0.15, -0.1) is 11.3 Å². The second-order valence-electron chi connectivity index (χ2n) is 5.25. The first-order valence-electron chi connectivity index (χ1n) is 7.73. The normalized spacial score (nSPS) is 14.4. The van der Waals surface area contributed by atoms with Crippen LogP contribution < -0.4 is 11.5 Å². The van der Waals surface area contributed by atoms with Gasteiger partial charge < -0.3 is 21.3 Å².